The van der Waals surface area contributed by atoms with Crippen LogP contribution in [0.2, 0.25) is 0 Å². The van der Waals surface area contributed by atoms with Crippen LogP contribution in [0.25, 0.3) is 0 Å². The molecule has 8 nitrogen and oxygen atoms in total. The Kier molecular flexibility index (Phi) is 4.30. The molecular weight excluding hydrogens is 260 g/mol. The van der Waals surface area contributed by atoms with E-state index in [1.54, 1.807) is 0 Å². The standard InChI is InChI=1S/C9H16N4O4S/c10-3-7-4-11-13-9(7)18(14,15)12-5-8-6-16-1-2-17-8/h4,8,12H,1-3,5-6,10H2,(H,11,13). The van der Waals surface area contributed by atoms with Crippen molar-refractivity contribution in [1.29, 1.82) is 0 Å². The fourth-order valence-corrected chi connectivity index (χ4v) is 2.81. The lowest BCUT2D eigenvalue weighted by Crippen LogP contribution is -2.40. The van der Waals surface area contributed by atoms with Gasteiger partial charge in [-0.05, 0) is 0 Å². The zero-order chi connectivity index (χ0) is 13.0. The van der Waals surface area contributed by atoms with Crippen LogP contribution in [-0.4, -0.2) is 51.1 Å². The van der Waals surface area contributed by atoms with Gasteiger partial charge in [-0.25, -0.2) is 13.1 Å². The topological polar surface area (TPSA) is 119 Å². The lowest BCUT2D eigenvalue weighted by atomic mass is 10.3. The first-order valence-electron chi connectivity index (χ1n) is 5.55. The van der Waals surface area contributed by atoms with Crippen molar-refractivity contribution in [3.63, 3.8) is 0 Å². The molecule has 0 aromatic carbocycles. The first-order chi connectivity index (χ1) is 8.63. The molecule has 102 valence electrons. The predicted molar refractivity (Wildman–Crippen MR) is 62.2 cm³/mol. The summed E-state index contributed by atoms with van der Waals surface area (Å²) in [4.78, 5) is 0. The van der Waals surface area contributed by atoms with Gasteiger partial charge in [0, 0.05) is 18.7 Å². The number of rotatable bonds is 5. The lowest BCUT2D eigenvalue weighted by Gasteiger charge is -2.22. The van der Waals surface area contributed by atoms with Crippen molar-refractivity contribution in [3.8, 4) is 0 Å². The molecule has 0 bridgehead atoms. The van der Waals surface area contributed by atoms with Crippen LogP contribution in [0.1, 0.15) is 5.56 Å². The highest BCUT2D eigenvalue weighted by Gasteiger charge is 2.22. The van der Waals surface area contributed by atoms with Gasteiger partial charge in [0.05, 0.1) is 32.1 Å². The smallest absolute Gasteiger partial charge is 0.257 e. The quantitative estimate of drug-likeness (QED) is 0.606. The Morgan fingerprint density at radius 2 is 2.39 bits per heavy atom. The minimum absolute atomic E-state index is 0.00160. The Labute approximate surface area is 105 Å². The van der Waals surface area contributed by atoms with Crippen LogP contribution >= 0.6 is 0 Å². The van der Waals surface area contributed by atoms with E-state index in [1.165, 1.54) is 6.20 Å². The number of nitrogens with zero attached hydrogens (tertiary/aromatic N) is 1. The molecule has 0 spiro atoms. The minimum Gasteiger partial charge on any atom is -0.376 e. The highest BCUT2D eigenvalue weighted by molar-refractivity contribution is 7.89. The van der Waals surface area contributed by atoms with E-state index in [0.717, 1.165) is 0 Å². The molecule has 0 aliphatic carbocycles. The van der Waals surface area contributed by atoms with Gasteiger partial charge in [0.15, 0.2) is 5.03 Å². The van der Waals surface area contributed by atoms with Crippen molar-refractivity contribution >= 4 is 10.0 Å². The Bertz CT molecular complexity index is 481. The summed E-state index contributed by atoms with van der Waals surface area (Å²) >= 11 is 0. The highest BCUT2D eigenvalue weighted by atomic mass is 32.2. The monoisotopic (exact) mass is 276 g/mol. The van der Waals surface area contributed by atoms with E-state index in [9.17, 15) is 8.42 Å². The third-order valence-electron chi connectivity index (χ3n) is 2.55. The second-order valence-corrected chi connectivity index (χ2v) is 5.55. The molecule has 1 aliphatic heterocycles. The largest absolute Gasteiger partial charge is 0.376 e. The summed E-state index contributed by atoms with van der Waals surface area (Å²) in [6.45, 7) is 1.67. The average Bonchev–Trinajstić information content (AvgIpc) is 2.87. The second-order valence-electron chi connectivity index (χ2n) is 3.85. The van der Waals surface area contributed by atoms with E-state index in [4.69, 9.17) is 15.2 Å². The third-order valence-corrected chi connectivity index (χ3v) is 3.99. The summed E-state index contributed by atoms with van der Waals surface area (Å²) < 4.78 is 36.9. The molecule has 1 fully saturated rings. The molecule has 2 heterocycles. The summed E-state index contributed by atoms with van der Waals surface area (Å²) in [5.41, 5.74) is 5.88. The van der Waals surface area contributed by atoms with Crippen LogP contribution in [0.3, 0.4) is 0 Å². The number of nitrogens with one attached hydrogen (secondary N) is 2. The van der Waals surface area contributed by atoms with Gasteiger partial charge >= 0.3 is 0 Å². The molecule has 2 rings (SSSR count). The normalized spacial score (nSPS) is 21.1. The van der Waals surface area contributed by atoms with Crippen LogP contribution in [-0.2, 0) is 26.0 Å². The molecule has 0 saturated carbocycles. The zero-order valence-corrected chi connectivity index (χ0v) is 10.6. The minimum atomic E-state index is -3.64. The van der Waals surface area contributed by atoms with Gasteiger partial charge in [-0.3, -0.25) is 5.10 Å². The number of hydrogen-bond donors (Lipinski definition) is 3. The maximum Gasteiger partial charge on any atom is 0.257 e. The van der Waals surface area contributed by atoms with Gasteiger partial charge in [-0.15, -0.1) is 0 Å². The molecule has 18 heavy (non-hydrogen) atoms. The maximum absolute atomic E-state index is 12.0. The summed E-state index contributed by atoms with van der Waals surface area (Å²) in [6, 6.07) is 0. The number of H-pyrrole nitrogens is 1. The number of aromatic nitrogens is 2. The maximum atomic E-state index is 12.0. The summed E-state index contributed by atoms with van der Waals surface area (Å²) in [6.07, 6.45) is 1.13. The third kappa shape index (κ3) is 3.06. The fourth-order valence-electron chi connectivity index (χ4n) is 1.61. The Balaban J connectivity index is 1.99. The molecule has 1 saturated heterocycles. The Morgan fingerprint density at radius 1 is 1.56 bits per heavy atom. The van der Waals surface area contributed by atoms with Crippen LogP contribution in [0, 0.1) is 0 Å². The van der Waals surface area contributed by atoms with Gasteiger partial charge in [0.25, 0.3) is 10.0 Å². The number of ether oxygens (including phenoxy) is 2. The van der Waals surface area contributed by atoms with Crippen LogP contribution in [0.15, 0.2) is 11.2 Å². The van der Waals surface area contributed by atoms with Crippen LogP contribution in [0.4, 0.5) is 0 Å². The molecule has 4 N–H and O–H groups in total. The van der Waals surface area contributed by atoms with Crippen molar-refractivity contribution in [2.24, 2.45) is 5.73 Å². The molecule has 0 amide bonds. The van der Waals surface area contributed by atoms with E-state index in [0.29, 0.717) is 25.4 Å². The molecule has 1 aromatic heterocycles. The first-order valence-corrected chi connectivity index (χ1v) is 7.03. The van der Waals surface area contributed by atoms with Crippen molar-refractivity contribution in [2.45, 2.75) is 17.7 Å². The Hall–Kier alpha value is -1.00. The molecule has 1 aromatic rings. The van der Waals surface area contributed by atoms with Gasteiger partial charge in [-0.1, -0.05) is 0 Å². The van der Waals surface area contributed by atoms with E-state index < -0.39 is 10.0 Å². The Morgan fingerprint density at radius 3 is 3.06 bits per heavy atom. The number of nitrogens with two attached hydrogens (primary N) is 1. The van der Waals surface area contributed by atoms with E-state index in [1.807, 2.05) is 0 Å². The molecular formula is C9H16N4O4S. The van der Waals surface area contributed by atoms with Crippen molar-refractivity contribution in [2.75, 3.05) is 26.4 Å². The molecule has 0 radical (unpaired) electrons. The van der Waals surface area contributed by atoms with Crippen molar-refractivity contribution in [1.82, 2.24) is 14.9 Å². The van der Waals surface area contributed by atoms with Gasteiger partial charge in [0.1, 0.15) is 0 Å². The second kappa shape index (κ2) is 5.76. The summed E-state index contributed by atoms with van der Waals surface area (Å²) in [5.74, 6) is 0. The first kappa shape index (κ1) is 13.4. The van der Waals surface area contributed by atoms with Crippen LogP contribution in [0.5, 0.6) is 0 Å². The summed E-state index contributed by atoms with van der Waals surface area (Å²) in [5, 5.41) is 6.11. The molecule has 9 heteroatoms. The highest BCUT2D eigenvalue weighted by Crippen LogP contribution is 2.11. The zero-order valence-electron chi connectivity index (χ0n) is 9.76. The van der Waals surface area contributed by atoms with E-state index >= 15 is 0 Å². The fraction of sp³-hybridized carbons (Fsp3) is 0.667. The SMILES string of the molecule is NCc1cn[nH]c1S(=O)(=O)NCC1COCCO1. The van der Waals surface area contributed by atoms with Crippen LogP contribution < -0.4 is 10.5 Å². The van der Waals surface area contributed by atoms with E-state index in [2.05, 4.69) is 14.9 Å². The van der Waals surface area contributed by atoms with Crippen molar-refractivity contribution in [3.05, 3.63) is 11.8 Å². The molecule has 1 unspecified atom stereocenters. The van der Waals surface area contributed by atoms with Gasteiger partial charge in [-0.2, -0.15) is 5.10 Å². The van der Waals surface area contributed by atoms with Crippen molar-refractivity contribution < 1.29 is 17.9 Å². The number of aromatic amines is 1. The average molecular weight is 276 g/mol. The van der Waals surface area contributed by atoms with E-state index in [-0.39, 0.29) is 24.2 Å². The molecule has 1 atom stereocenters. The van der Waals surface area contributed by atoms with Gasteiger partial charge < -0.3 is 15.2 Å². The van der Waals surface area contributed by atoms with Gasteiger partial charge in [0.2, 0.25) is 0 Å². The number of sulfonamides is 1. The summed E-state index contributed by atoms with van der Waals surface area (Å²) in [7, 11) is -3.64. The predicted octanol–water partition coefficient (Wildman–Crippen LogP) is -1.44. The lowest BCUT2D eigenvalue weighted by molar-refractivity contribution is -0.0847. The molecule has 1 aliphatic rings. The number of hydrogen-bond acceptors (Lipinski definition) is 6.